The van der Waals surface area contributed by atoms with Crippen LogP contribution in [0.1, 0.15) is 32.4 Å². The molecule has 0 radical (unpaired) electrons. The molecule has 0 heterocycles. The molecule has 0 saturated carbocycles. The van der Waals surface area contributed by atoms with Crippen molar-refractivity contribution in [1.29, 1.82) is 0 Å². The van der Waals surface area contributed by atoms with Crippen LogP contribution in [0.25, 0.3) is 0 Å². The summed E-state index contributed by atoms with van der Waals surface area (Å²) in [5, 5.41) is 10.5. The van der Waals surface area contributed by atoms with Crippen molar-refractivity contribution in [1.82, 2.24) is 4.31 Å². The van der Waals surface area contributed by atoms with Crippen LogP contribution in [0.15, 0.2) is 59.5 Å². The van der Waals surface area contributed by atoms with Crippen molar-refractivity contribution in [3.05, 3.63) is 60.2 Å². The van der Waals surface area contributed by atoms with Gasteiger partial charge in [-0.3, -0.25) is 4.79 Å². The maximum atomic E-state index is 13.2. The number of benzene rings is 2. The first-order valence-electron chi connectivity index (χ1n) is 9.20. The Morgan fingerprint density at radius 2 is 1.57 bits per heavy atom. The van der Waals surface area contributed by atoms with Gasteiger partial charge in [0.1, 0.15) is 0 Å². The lowest BCUT2D eigenvalue weighted by Crippen LogP contribution is -2.37. The van der Waals surface area contributed by atoms with Crippen LogP contribution in [0, 0.1) is 5.92 Å². The van der Waals surface area contributed by atoms with Crippen molar-refractivity contribution in [3.8, 4) is 0 Å². The number of aliphatic hydroxyl groups excluding tert-OH is 1. The van der Waals surface area contributed by atoms with Gasteiger partial charge >= 0.3 is 0 Å². The molecule has 2 aromatic carbocycles. The summed E-state index contributed by atoms with van der Waals surface area (Å²) in [6.07, 6.45) is -0.919. The third-order valence-corrected chi connectivity index (χ3v) is 6.31. The third-order valence-electron chi connectivity index (χ3n) is 4.46. The summed E-state index contributed by atoms with van der Waals surface area (Å²) in [4.78, 5) is 13.1. The summed E-state index contributed by atoms with van der Waals surface area (Å²) in [5.41, 5.74) is 1.29. The monoisotopic (exact) mass is 404 g/mol. The van der Waals surface area contributed by atoms with Crippen molar-refractivity contribution in [2.75, 3.05) is 25.0 Å². The van der Waals surface area contributed by atoms with Crippen LogP contribution in [-0.4, -0.2) is 43.9 Å². The lowest BCUT2D eigenvalue weighted by Gasteiger charge is -2.26. The fourth-order valence-corrected chi connectivity index (χ4v) is 4.43. The number of aliphatic hydroxyl groups is 1. The molecule has 6 nitrogen and oxygen atoms in total. The zero-order valence-corrected chi connectivity index (χ0v) is 17.6. The largest absolute Gasteiger partial charge is 0.387 e. The van der Waals surface area contributed by atoms with Crippen LogP contribution in [-0.2, 0) is 14.8 Å². The highest BCUT2D eigenvalue weighted by atomic mass is 32.2. The summed E-state index contributed by atoms with van der Waals surface area (Å²) in [5.74, 6) is -0.0381. The number of hydrogen-bond donors (Lipinski definition) is 1. The summed E-state index contributed by atoms with van der Waals surface area (Å²) in [6.45, 7) is 5.58. The molecule has 2 rings (SSSR count). The maximum absolute atomic E-state index is 13.2. The number of amides is 1. The molecule has 0 aliphatic carbocycles. The van der Waals surface area contributed by atoms with Gasteiger partial charge < -0.3 is 10.0 Å². The molecule has 0 aromatic heterocycles. The Morgan fingerprint density at radius 3 is 2.07 bits per heavy atom. The van der Waals surface area contributed by atoms with Crippen LogP contribution in [0.5, 0.6) is 0 Å². The number of anilines is 1. The number of nitrogens with zero attached hydrogens (tertiary/aromatic N) is 2. The molecule has 0 fully saturated rings. The molecule has 28 heavy (non-hydrogen) atoms. The molecule has 0 aliphatic rings. The lowest BCUT2D eigenvalue weighted by atomic mass is 10.1. The van der Waals surface area contributed by atoms with E-state index in [9.17, 15) is 18.3 Å². The standard InChI is InChI=1S/C21H28N2O4S/c1-16(2)14-23(15-21(25)18-8-6-5-7-9-18)28(26,27)20-12-10-19(11-13-20)22(4)17(3)24/h5-13,16,21,25H,14-15H2,1-4H3. The molecular weight excluding hydrogens is 376 g/mol. The van der Waals surface area contributed by atoms with E-state index in [0.29, 0.717) is 17.8 Å². The molecule has 1 amide bonds. The fourth-order valence-electron chi connectivity index (χ4n) is 2.82. The number of hydrogen-bond acceptors (Lipinski definition) is 4. The summed E-state index contributed by atoms with van der Waals surface area (Å²) in [7, 11) is -2.16. The normalized spacial score (nSPS) is 13.0. The second kappa shape index (κ2) is 9.32. The summed E-state index contributed by atoms with van der Waals surface area (Å²) >= 11 is 0. The molecule has 0 bridgehead atoms. The highest BCUT2D eigenvalue weighted by molar-refractivity contribution is 7.89. The van der Waals surface area contributed by atoms with Gasteiger partial charge in [0.15, 0.2) is 0 Å². The quantitative estimate of drug-likeness (QED) is 0.734. The van der Waals surface area contributed by atoms with Gasteiger partial charge in [-0.25, -0.2) is 8.42 Å². The number of carbonyl (C=O) groups is 1. The number of sulfonamides is 1. The Balaban J connectivity index is 2.29. The van der Waals surface area contributed by atoms with Gasteiger partial charge in [-0.05, 0) is 35.7 Å². The molecule has 0 saturated heterocycles. The molecule has 1 atom stereocenters. The summed E-state index contributed by atoms with van der Waals surface area (Å²) in [6, 6.07) is 15.2. The molecule has 1 unspecified atom stereocenters. The van der Waals surface area contributed by atoms with Crippen LogP contribution in [0.4, 0.5) is 5.69 Å². The minimum absolute atomic E-state index is 0.0281. The summed E-state index contributed by atoms with van der Waals surface area (Å²) < 4.78 is 27.7. The first-order valence-corrected chi connectivity index (χ1v) is 10.6. The SMILES string of the molecule is CC(=O)N(C)c1ccc(S(=O)(=O)N(CC(C)C)CC(O)c2ccccc2)cc1. The van der Waals surface area contributed by atoms with Gasteiger partial charge in [0, 0.05) is 32.7 Å². The average molecular weight is 405 g/mol. The molecule has 0 aliphatic heterocycles. The topological polar surface area (TPSA) is 77.9 Å². The second-order valence-corrected chi connectivity index (χ2v) is 9.15. The van der Waals surface area contributed by atoms with Gasteiger partial charge in [0.05, 0.1) is 11.0 Å². The molecular formula is C21H28N2O4S. The van der Waals surface area contributed by atoms with E-state index in [0.717, 1.165) is 0 Å². The van der Waals surface area contributed by atoms with Crippen molar-refractivity contribution in [3.63, 3.8) is 0 Å². The van der Waals surface area contributed by atoms with Crippen molar-refractivity contribution >= 4 is 21.6 Å². The second-order valence-electron chi connectivity index (χ2n) is 7.21. The first kappa shape index (κ1) is 22.1. The fraction of sp³-hybridized carbons (Fsp3) is 0.381. The van der Waals surface area contributed by atoms with Gasteiger partial charge in [0.25, 0.3) is 0 Å². The Kier molecular flexibility index (Phi) is 7.35. The minimum atomic E-state index is -3.79. The molecule has 7 heteroatoms. The predicted octanol–water partition coefficient (Wildman–Crippen LogP) is 3.05. The smallest absolute Gasteiger partial charge is 0.243 e. The maximum Gasteiger partial charge on any atom is 0.243 e. The molecule has 1 N–H and O–H groups in total. The molecule has 2 aromatic rings. The highest BCUT2D eigenvalue weighted by Crippen LogP contribution is 2.24. The van der Waals surface area contributed by atoms with Gasteiger partial charge in [-0.15, -0.1) is 0 Å². The lowest BCUT2D eigenvalue weighted by molar-refractivity contribution is -0.116. The van der Waals surface area contributed by atoms with Crippen LogP contribution in [0.2, 0.25) is 0 Å². The van der Waals surface area contributed by atoms with E-state index in [2.05, 4.69) is 0 Å². The van der Waals surface area contributed by atoms with E-state index >= 15 is 0 Å². The Morgan fingerprint density at radius 1 is 1.00 bits per heavy atom. The number of carbonyl (C=O) groups excluding carboxylic acids is 1. The van der Waals surface area contributed by atoms with E-state index in [1.807, 2.05) is 32.0 Å². The van der Waals surface area contributed by atoms with E-state index in [1.54, 1.807) is 31.3 Å². The zero-order chi connectivity index (χ0) is 20.9. The molecule has 152 valence electrons. The van der Waals surface area contributed by atoms with Crippen LogP contribution < -0.4 is 4.90 Å². The Labute approximate surface area is 167 Å². The first-order chi connectivity index (χ1) is 13.1. The zero-order valence-electron chi connectivity index (χ0n) is 16.7. The Hall–Kier alpha value is -2.22. The average Bonchev–Trinajstić information content (AvgIpc) is 2.67. The molecule has 0 spiro atoms. The van der Waals surface area contributed by atoms with Gasteiger partial charge in [0.2, 0.25) is 15.9 Å². The number of rotatable bonds is 8. The van der Waals surface area contributed by atoms with Crippen molar-refractivity contribution in [2.24, 2.45) is 5.92 Å². The van der Waals surface area contributed by atoms with Gasteiger partial charge in [-0.1, -0.05) is 44.2 Å². The Bertz CT molecular complexity index is 880. The van der Waals surface area contributed by atoms with E-state index in [4.69, 9.17) is 0 Å². The van der Waals surface area contributed by atoms with Crippen molar-refractivity contribution in [2.45, 2.75) is 31.8 Å². The predicted molar refractivity (Wildman–Crippen MR) is 111 cm³/mol. The van der Waals surface area contributed by atoms with E-state index in [-0.39, 0.29) is 23.3 Å². The third kappa shape index (κ3) is 5.41. The van der Waals surface area contributed by atoms with Crippen molar-refractivity contribution < 1.29 is 18.3 Å². The van der Waals surface area contributed by atoms with E-state index < -0.39 is 16.1 Å². The highest BCUT2D eigenvalue weighted by Gasteiger charge is 2.28. The van der Waals surface area contributed by atoms with Crippen LogP contribution in [0.3, 0.4) is 0 Å². The van der Waals surface area contributed by atoms with Gasteiger partial charge in [-0.2, -0.15) is 4.31 Å². The van der Waals surface area contributed by atoms with E-state index in [1.165, 1.54) is 28.3 Å². The minimum Gasteiger partial charge on any atom is -0.387 e. The van der Waals surface area contributed by atoms with Crippen LogP contribution >= 0.6 is 0 Å².